The average molecular weight is 411 g/mol. The molecule has 0 radical (unpaired) electrons. The lowest BCUT2D eigenvalue weighted by Crippen LogP contribution is -2.64. The third-order valence-corrected chi connectivity index (χ3v) is 5.82. The number of hydrogen-bond acceptors (Lipinski definition) is 3. The summed E-state index contributed by atoms with van der Waals surface area (Å²) < 4.78 is 5.92. The van der Waals surface area contributed by atoms with Gasteiger partial charge in [-0.05, 0) is 12.8 Å². The molecule has 2 aliphatic heterocycles. The van der Waals surface area contributed by atoms with Gasteiger partial charge in [0.05, 0.1) is 12.1 Å². The van der Waals surface area contributed by atoms with Gasteiger partial charge in [-0.3, -0.25) is 0 Å². The summed E-state index contributed by atoms with van der Waals surface area (Å²) in [6.45, 7) is 7.54. The van der Waals surface area contributed by atoms with Gasteiger partial charge in [0.2, 0.25) is 0 Å². The number of guanidine groups is 1. The Kier molecular flexibility index (Phi) is 5.51. The fourth-order valence-corrected chi connectivity index (χ4v) is 4.68. The molecule has 20 heavy (non-hydrogen) atoms. The molecule has 2 N–H and O–H groups in total. The second kappa shape index (κ2) is 6.60. The lowest BCUT2D eigenvalue weighted by Gasteiger charge is -2.58. The van der Waals surface area contributed by atoms with Crippen LogP contribution in [-0.2, 0) is 4.74 Å². The van der Waals surface area contributed by atoms with E-state index in [9.17, 15) is 0 Å². The van der Waals surface area contributed by atoms with Crippen molar-refractivity contribution in [2.45, 2.75) is 38.8 Å². The van der Waals surface area contributed by atoms with E-state index in [1.165, 1.54) is 24.3 Å². The summed E-state index contributed by atoms with van der Waals surface area (Å²) in [7, 11) is 0. The molecule has 0 aromatic rings. The van der Waals surface area contributed by atoms with Gasteiger partial charge in [0.1, 0.15) is 0 Å². The van der Waals surface area contributed by atoms with E-state index in [0.29, 0.717) is 18.1 Å². The predicted molar refractivity (Wildman–Crippen MR) is 96.0 cm³/mol. The highest BCUT2D eigenvalue weighted by Gasteiger charge is 2.58. The largest absolute Gasteiger partial charge is 0.377 e. The molecule has 0 aromatic carbocycles. The van der Waals surface area contributed by atoms with Gasteiger partial charge >= 0.3 is 0 Å². The SMILES string of the molecule is CC1(C)C(N=C(N)N2CCSCC2)C2CCCOC21.I. The Morgan fingerprint density at radius 2 is 2.05 bits per heavy atom. The standard InChI is InChI=1S/C14H25N3OS.HI/c1-14(2)11(10-4-3-7-18-12(10)14)16-13(15)17-5-8-19-9-6-17;/h10-12H,3-9H2,1-2H3,(H2,15,16);1H. The minimum Gasteiger partial charge on any atom is -0.377 e. The molecule has 6 heteroatoms. The molecule has 3 atom stereocenters. The summed E-state index contributed by atoms with van der Waals surface area (Å²) >= 11 is 2.00. The fourth-order valence-electron chi connectivity index (χ4n) is 3.77. The number of rotatable bonds is 1. The van der Waals surface area contributed by atoms with E-state index in [1.54, 1.807) is 0 Å². The van der Waals surface area contributed by atoms with Gasteiger partial charge in [-0.15, -0.1) is 24.0 Å². The average Bonchev–Trinajstić information content (AvgIpc) is 2.45. The monoisotopic (exact) mass is 411 g/mol. The Bertz CT molecular complexity index is 371. The summed E-state index contributed by atoms with van der Waals surface area (Å²) in [6, 6.07) is 0.340. The van der Waals surface area contributed by atoms with Crippen LogP contribution in [0.2, 0.25) is 0 Å². The minimum absolute atomic E-state index is 0. The molecule has 1 saturated carbocycles. The maximum atomic E-state index is 6.23. The third-order valence-electron chi connectivity index (χ3n) is 4.88. The molecular formula is C14H26IN3OS. The van der Waals surface area contributed by atoms with Gasteiger partial charge in [0, 0.05) is 42.5 Å². The normalized spacial score (nSPS) is 36.6. The topological polar surface area (TPSA) is 50.8 Å². The Hall–Kier alpha value is 0.310. The van der Waals surface area contributed by atoms with Crippen molar-refractivity contribution in [1.82, 2.24) is 4.90 Å². The second-order valence-corrected chi connectivity index (χ2v) is 7.68. The Morgan fingerprint density at radius 3 is 2.75 bits per heavy atom. The zero-order valence-corrected chi connectivity index (χ0v) is 15.5. The van der Waals surface area contributed by atoms with Crippen molar-refractivity contribution in [2.24, 2.45) is 22.1 Å². The van der Waals surface area contributed by atoms with Crippen LogP contribution in [0, 0.1) is 11.3 Å². The maximum absolute atomic E-state index is 6.23. The summed E-state index contributed by atoms with van der Waals surface area (Å²) in [4.78, 5) is 7.11. The van der Waals surface area contributed by atoms with Crippen LogP contribution in [0.3, 0.4) is 0 Å². The first-order valence-electron chi connectivity index (χ1n) is 7.38. The number of hydrogen-bond donors (Lipinski definition) is 1. The lowest BCUT2D eigenvalue weighted by molar-refractivity contribution is -0.182. The molecule has 0 bridgehead atoms. The van der Waals surface area contributed by atoms with Crippen molar-refractivity contribution in [3.05, 3.63) is 0 Å². The van der Waals surface area contributed by atoms with Crippen LogP contribution >= 0.6 is 35.7 Å². The van der Waals surface area contributed by atoms with Crippen molar-refractivity contribution in [1.29, 1.82) is 0 Å². The Labute approximate surface area is 143 Å². The molecule has 116 valence electrons. The summed E-state index contributed by atoms with van der Waals surface area (Å²) in [6.07, 6.45) is 2.80. The Balaban J connectivity index is 0.00000147. The number of ether oxygens (including phenoxy) is 1. The Morgan fingerprint density at radius 1 is 1.35 bits per heavy atom. The number of aliphatic imine (C=N–C) groups is 1. The van der Waals surface area contributed by atoms with Gasteiger partial charge in [-0.2, -0.15) is 11.8 Å². The van der Waals surface area contributed by atoms with E-state index in [1.807, 2.05) is 11.8 Å². The molecule has 3 unspecified atom stereocenters. The van der Waals surface area contributed by atoms with Crippen LogP contribution in [0.25, 0.3) is 0 Å². The highest BCUT2D eigenvalue weighted by Crippen LogP contribution is 2.53. The summed E-state index contributed by atoms with van der Waals surface area (Å²) in [5.41, 5.74) is 6.37. The molecule has 3 rings (SSSR count). The van der Waals surface area contributed by atoms with Crippen molar-refractivity contribution in [3.63, 3.8) is 0 Å². The van der Waals surface area contributed by atoms with Crippen molar-refractivity contribution in [3.8, 4) is 0 Å². The second-order valence-electron chi connectivity index (χ2n) is 6.45. The molecule has 4 nitrogen and oxygen atoms in total. The van der Waals surface area contributed by atoms with Crippen molar-refractivity contribution >= 4 is 41.7 Å². The van der Waals surface area contributed by atoms with E-state index in [-0.39, 0.29) is 29.4 Å². The number of nitrogens with zero attached hydrogens (tertiary/aromatic N) is 2. The molecule has 0 amide bonds. The number of nitrogens with two attached hydrogens (primary N) is 1. The first kappa shape index (κ1) is 16.7. The molecule has 0 aromatic heterocycles. The lowest BCUT2D eigenvalue weighted by atomic mass is 9.55. The van der Waals surface area contributed by atoms with E-state index < -0.39 is 0 Å². The maximum Gasteiger partial charge on any atom is 0.191 e. The van der Waals surface area contributed by atoms with Crippen LogP contribution in [-0.4, -0.2) is 54.2 Å². The number of fused-ring (bicyclic) bond motifs is 1. The van der Waals surface area contributed by atoms with Gasteiger partial charge in [0.25, 0.3) is 0 Å². The van der Waals surface area contributed by atoms with Crippen LogP contribution in [0.5, 0.6) is 0 Å². The highest BCUT2D eigenvalue weighted by molar-refractivity contribution is 14.0. The van der Waals surface area contributed by atoms with E-state index in [4.69, 9.17) is 15.5 Å². The highest BCUT2D eigenvalue weighted by atomic mass is 127. The van der Waals surface area contributed by atoms with Gasteiger partial charge in [0.15, 0.2) is 5.96 Å². The van der Waals surface area contributed by atoms with Crippen LogP contribution in [0.15, 0.2) is 4.99 Å². The van der Waals surface area contributed by atoms with E-state index >= 15 is 0 Å². The zero-order valence-electron chi connectivity index (χ0n) is 12.4. The van der Waals surface area contributed by atoms with E-state index in [0.717, 1.165) is 25.7 Å². The van der Waals surface area contributed by atoms with Gasteiger partial charge in [-0.1, -0.05) is 13.8 Å². The number of halogens is 1. The molecule has 2 heterocycles. The summed E-state index contributed by atoms with van der Waals surface area (Å²) in [5, 5.41) is 0. The smallest absolute Gasteiger partial charge is 0.191 e. The molecule has 0 spiro atoms. The zero-order chi connectivity index (χ0) is 13.5. The molecule has 3 aliphatic rings. The van der Waals surface area contributed by atoms with Gasteiger partial charge in [-0.25, -0.2) is 4.99 Å². The minimum atomic E-state index is 0. The predicted octanol–water partition coefficient (Wildman–Crippen LogP) is 2.17. The van der Waals surface area contributed by atoms with Crippen molar-refractivity contribution < 1.29 is 4.74 Å². The van der Waals surface area contributed by atoms with E-state index in [2.05, 4.69) is 18.7 Å². The molecule has 3 fully saturated rings. The molecular weight excluding hydrogens is 385 g/mol. The molecule has 2 saturated heterocycles. The fraction of sp³-hybridized carbons (Fsp3) is 0.929. The van der Waals surface area contributed by atoms with Crippen LogP contribution in [0.4, 0.5) is 0 Å². The van der Waals surface area contributed by atoms with Crippen molar-refractivity contribution in [2.75, 3.05) is 31.2 Å². The quantitative estimate of drug-likeness (QED) is 0.408. The first-order chi connectivity index (χ1) is 9.10. The number of thioether (sulfide) groups is 1. The van der Waals surface area contributed by atoms with Crippen LogP contribution < -0.4 is 5.73 Å². The first-order valence-corrected chi connectivity index (χ1v) is 8.54. The third kappa shape index (κ3) is 2.92. The molecule has 1 aliphatic carbocycles. The van der Waals surface area contributed by atoms with Crippen LogP contribution in [0.1, 0.15) is 26.7 Å². The van der Waals surface area contributed by atoms with Gasteiger partial charge < -0.3 is 15.4 Å². The summed E-state index contributed by atoms with van der Waals surface area (Å²) in [5.74, 6) is 3.67.